The van der Waals surface area contributed by atoms with Gasteiger partial charge in [-0.3, -0.25) is 4.79 Å². The van der Waals surface area contributed by atoms with E-state index in [1.807, 2.05) is 78.1 Å². The summed E-state index contributed by atoms with van der Waals surface area (Å²) in [6, 6.07) is 13.9. The highest BCUT2D eigenvalue weighted by Crippen LogP contribution is 2.37. The Morgan fingerprint density at radius 3 is 2.49 bits per heavy atom. The molecule has 11 heteroatoms. The standard InChI is InChI=1S/C34H42N6O4S/c1-33(2,3)30(41)43-24-18-22-10-8-9-11-25(22)28(19-24)38-15-13-26-27(21-38)36-31(45-7)37-29(26)39-16-17-40(23(20-39)12-14-35)32(42)44-34(4,5)6/h8-11,18-19,23H,12-13,15-17,20-21H2,1-7H3/t23-/m0/s1. The molecular weight excluding hydrogens is 588 g/mol. The average Bonchev–Trinajstić information content (AvgIpc) is 2.98. The van der Waals surface area contributed by atoms with Crippen LogP contribution in [-0.4, -0.2) is 71.0 Å². The number of fused-ring (bicyclic) bond motifs is 2. The number of hydrogen-bond acceptors (Lipinski definition) is 10. The van der Waals surface area contributed by atoms with Crippen molar-refractivity contribution in [3.8, 4) is 11.8 Å². The highest BCUT2D eigenvalue weighted by molar-refractivity contribution is 7.98. The molecule has 2 aromatic carbocycles. The van der Waals surface area contributed by atoms with Crippen LogP contribution in [0.25, 0.3) is 10.8 Å². The van der Waals surface area contributed by atoms with Gasteiger partial charge >= 0.3 is 12.1 Å². The van der Waals surface area contributed by atoms with Gasteiger partial charge in [0.25, 0.3) is 0 Å². The largest absolute Gasteiger partial charge is 0.444 e. The van der Waals surface area contributed by atoms with Crippen molar-refractivity contribution in [3.63, 3.8) is 0 Å². The Morgan fingerprint density at radius 1 is 1.04 bits per heavy atom. The number of hydrogen-bond donors (Lipinski definition) is 0. The van der Waals surface area contributed by atoms with Crippen LogP contribution < -0.4 is 14.5 Å². The quantitative estimate of drug-likeness (QED) is 0.140. The molecule has 238 valence electrons. The Bertz CT molecular complexity index is 1640. The van der Waals surface area contributed by atoms with Crippen LogP contribution in [0.1, 0.15) is 59.2 Å². The van der Waals surface area contributed by atoms with E-state index in [-0.39, 0.29) is 18.4 Å². The van der Waals surface area contributed by atoms with E-state index < -0.39 is 17.1 Å². The molecule has 2 aliphatic rings. The predicted octanol–water partition coefficient (Wildman–Crippen LogP) is 6.21. The number of benzene rings is 2. The molecule has 0 saturated carbocycles. The van der Waals surface area contributed by atoms with E-state index in [4.69, 9.17) is 19.4 Å². The van der Waals surface area contributed by atoms with Crippen molar-refractivity contribution in [2.24, 2.45) is 5.41 Å². The third-order valence-corrected chi connectivity index (χ3v) is 8.47. The first-order valence-electron chi connectivity index (χ1n) is 15.3. The number of amides is 1. The van der Waals surface area contributed by atoms with E-state index in [0.29, 0.717) is 37.1 Å². The molecular formula is C34H42N6O4S. The molecule has 0 aliphatic carbocycles. The third kappa shape index (κ3) is 7.28. The van der Waals surface area contributed by atoms with E-state index in [2.05, 4.69) is 21.9 Å². The number of carbonyl (C=O) groups excluding carboxylic acids is 2. The number of nitrogens with zero attached hydrogens (tertiary/aromatic N) is 6. The number of thioether (sulfide) groups is 1. The van der Waals surface area contributed by atoms with Gasteiger partial charge in [0.05, 0.1) is 36.2 Å². The van der Waals surface area contributed by atoms with Crippen LogP contribution in [0.3, 0.4) is 0 Å². The number of aromatic nitrogens is 2. The summed E-state index contributed by atoms with van der Waals surface area (Å²) < 4.78 is 11.5. The van der Waals surface area contributed by atoms with Gasteiger partial charge in [0.1, 0.15) is 17.2 Å². The molecule has 0 N–H and O–H groups in total. The lowest BCUT2D eigenvalue weighted by Crippen LogP contribution is -2.56. The van der Waals surface area contributed by atoms with Crippen LogP contribution in [0, 0.1) is 16.7 Å². The molecule has 0 bridgehead atoms. The first-order chi connectivity index (χ1) is 21.3. The second-order valence-corrected chi connectivity index (χ2v) is 14.3. The summed E-state index contributed by atoms with van der Waals surface area (Å²) in [5, 5.41) is 12.3. The van der Waals surface area contributed by atoms with E-state index in [0.717, 1.165) is 46.5 Å². The van der Waals surface area contributed by atoms with Gasteiger partial charge in [-0.05, 0) is 65.7 Å². The maximum absolute atomic E-state index is 13.0. The summed E-state index contributed by atoms with van der Waals surface area (Å²) in [5.41, 5.74) is 1.78. The molecule has 0 radical (unpaired) electrons. The van der Waals surface area contributed by atoms with Crippen molar-refractivity contribution in [2.45, 2.75) is 77.7 Å². The fourth-order valence-corrected chi connectivity index (χ4v) is 6.06. The molecule has 2 aliphatic heterocycles. The molecule has 0 spiro atoms. The lowest BCUT2D eigenvalue weighted by molar-refractivity contribution is -0.142. The first kappa shape index (κ1) is 32.4. The van der Waals surface area contributed by atoms with Crippen LogP contribution in [-0.2, 0) is 22.5 Å². The predicted molar refractivity (Wildman–Crippen MR) is 177 cm³/mol. The maximum Gasteiger partial charge on any atom is 0.410 e. The minimum Gasteiger partial charge on any atom is -0.444 e. The van der Waals surface area contributed by atoms with Gasteiger partial charge in [-0.2, -0.15) is 5.26 Å². The highest BCUT2D eigenvalue weighted by Gasteiger charge is 2.36. The molecule has 0 unspecified atom stereocenters. The van der Waals surface area contributed by atoms with E-state index in [1.165, 1.54) is 11.8 Å². The SMILES string of the molecule is CSc1nc2c(c(N3CCN(C(=O)OC(C)(C)C)[C@@H](CC#N)C3)n1)CCN(c1cc(OC(=O)C(C)(C)C)cc3ccccc13)C2. The van der Waals surface area contributed by atoms with Gasteiger partial charge in [0, 0.05) is 48.9 Å². The Labute approximate surface area is 269 Å². The summed E-state index contributed by atoms with van der Waals surface area (Å²) in [6.07, 6.45) is 2.49. The number of piperazine rings is 1. The molecule has 1 atom stereocenters. The van der Waals surface area contributed by atoms with E-state index in [1.54, 1.807) is 4.90 Å². The smallest absolute Gasteiger partial charge is 0.410 e. The van der Waals surface area contributed by atoms with Gasteiger partial charge in [-0.15, -0.1) is 0 Å². The minimum atomic E-state index is -0.623. The second kappa shape index (κ2) is 12.8. The molecule has 1 aromatic heterocycles. The van der Waals surface area contributed by atoms with E-state index in [9.17, 15) is 14.9 Å². The number of esters is 1. The number of anilines is 2. The zero-order chi connectivity index (χ0) is 32.5. The molecule has 5 rings (SSSR count). The van der Waals surface area contributed by atoms with Crippen molar-refractivity contribution in [1.82, 2.24) is 14.9 Å². The first-order valence-corrected chi connectivity index (χ1v) is 16.5. The summed E-state index contributed by atoms with van der Waals surface area (Å²) in [4.78, 5) is 41.8. The number of rotatable bonds is 5. The summed E-state index contributed by atoms with van der Waals surface area (Å²) in [6.45, 7) is 13.9. The van der Waals surface area contributed by atoms with Gasteiger partial charge in [-0.25, -0.2) is 14.8 Å². The summed E-state index contributed by atoms with van der Waals surface area (Å²) >= 11 is 1.49. The number of nitriles is 1. The minimum absolute atomic E-state index is 0.204. The van der Waals surface area contributed by atoms with Crippen LogP contribution in [0.4, 0.5) is 16.3 Å². The average molecular weight is 631 g/mol. The maximum atomic E-state index is 13.0. The topological polar surface area (TPSA) is 112 Å². The van der Waals surface area contributed by atoms with Crippen molar-refractivity contribution in [3.05, 3.63) is 47.7 Å². The molecule has 1 saturated heterocycles. The zero-order valence-electron chi connectivity index (χ0n) is 27.2. The molecule has 10 nitrogen and oxygen atoms in total. The normalized spacial score (nSPS) is 17.1. The van der Waals surface area contributed by atoms with Crippen molar-refractivity contribution >= 4 is 46.1 Å². The number of ether oxygens (including phenoxy) is 2. The molecule has 1 fully saturated rings. The molecule has 45 heavy (non-hydrogen) atoms. The van der Waals surface area contributed by atoms with Crippen LogP contribution in [0.15, 0.2) is 41.6 Å². The van der Waals surface area contributed by atoms with Crippen LogP contribution in [0.5, 0.6) is 5.75 Å². The Morgan fingerprint density at radius 2 is 1.80 bits per heavy atom. The van der Waals surface area contributed by atoms with Gasteiger partial charge in [-0.1, -0.05) is 36.0 Å². The highest BCUT2D eigenvalue weighted by atomic mass is 32.2. The monoisotopic (exact) mass is 630 g/mol. The van der Waals surface area contributed by atoms with E-state index >= 15 is 0 Å². The molecule has 3 aromatic rings. The summed E-state index contributed by atoms with van der Waals surface area (Å²) in [7, 11) is 0. The van der Waals surface area contributed by atoms with Crippen molar-refractivity contribution in [1.29, 1.82) is 5.26 Å². The van der Waals surface area contributed by atoms with Gasteiger partial charge in [0.15, 0.2) is 5.16 Å². The van der Waals surface area contributed by atoms with Crippen molar-refractivity contribution in [2.75, 3.05) is 42.2 Å². The number of carbonyl (C=O) groups is 2. The Hall–Kier alpha value is -4.04. The Balaban J connectivity index is 1.45. The van der Waals surface area contributed by atoms with Crippen molar-refractivity contribution < 1.29 is 19.1 Å². The zero-order valence-corrected chi connectivity index (χ0v) is 28.0. The summed E-state index contributed by atoms with van der Waals surface area (Å²) in [5.74, 6) is 1.11. The molecule has 1 amide bonds. The second-order valence-electron chi connectivity index (χ2n) is 13.6. The lowest BCUT2D eigenvalue weighted by atomic mass is 9.97. The van der Waals surface area contributed by atoms with Gasteiger partial charge < -0.3 is 24.2 Å². The Kier molecular flexibility index (Phi) is 9.17. The van der Waals surface area contributed by atoms with Crippen LogP contribution in [0.2, 0.25) is 0 Å². The third-order valence-electron chi connectivity index (χ3n) is 7.92. The fourth-order valence-electron chi connectivity index (χ4n) is 5.68. The van der Waals surface area contributed by atoms with Gasteiger partial charge in [0.2, 0.25) is 0 Å². The van der Waals surface area contributed by atoms with Crippen LogP contribution >= 0.6 is 11.8 Å². The lowest BCUT2D eigenvalue weighted by Gasteiger charge is -2.42. The molecule has 3 heterocycles. The fraction of sp³-hybridized carbons (Fsp3) is 0.500.